The Morgan fingerprint density at radius 3 is 2.41 bits per heavy atom. The Bertz CT molecular complexity index is 681. The summed E-state index contributed by atoms with van der Waals surface area (Å²) >= 11 is 6.36. The molecule has 150 valence electrons. The average molecular weight is 570 g/mol. The molecule has 5 nitrogen and oxygen atoms in total. The summed E-state index contributed by atoms with van der Waals surface area (Å²) in [5.41, 5.74) is 0.651. The Morgan fingerprint density at radius 2 is 1.81 bits per heavy atom. The summed E-state index contributed by atoms with van der Waals surface area (Å²) < 4.78 is 5.73. The topological polar surface area (TPSA) is 66.8 Å². The van der Waals surface area contributed by atoms with Crippen molar-refractivity contribution in [3.8, 4) is 0 Å². The molecule has 1 N–H and O–H groups in total. The molecular formula is C19H25BrINO4S. The van der Waals surface area contributed by atoms with Crippen molar-refractivity contribution in [2.75, 3.05) is 4.90 Å². The molecule has 0 unspecified atom stereocenters. The van der Waals surface area contributed by atoms with Gasteiger partial charge >= 0.3 is 5.97 Å². The molecule has 0 aromatic carbocycles. The maximum Gasteiger partial charge on any atom is 0.359 e. The summed E-state index contributed by atoms with van der Waals surface area (Å²) in [5, 5.41) is 9.90. The predicted molar refractivity (Wildman–Crippen MR) is 118 cm³/mol. The molecule has 2 aliphatic carbocycles. The molecule has 0 saturated heterocycles. The van der Waals surface area contributed by atoms with E-state index in [1.54, 1.807) is 23.0 Å². The van der Waals surface area contributed by atoms with E-state index in [9.17, 15) is 14.7 Å². The van der Waals surface area contributed by atoms with Gasteiger partial charge in [0.1, 0.15) is 4.88 Å². The van der Waals surface area contributed by atoms with Crippen LogP contribution in [-0.2, 0) is 7.86 Å². The third-order valence-electron chi connectivity index (χ3n) is 5.83. The van der Waals surface area contributed by atoms with Crippen LogP contribution in [0.4, 0.5) is 5.69 Å². The van der Waals surface area contributed by atoms with Crippen LogP contribution in [0, 0.1) is 11.8 Å². The zero-order valence-electron chi connectivity index (χ0n) is 15.3. The number of rotatable bonds is 4. The molecule has 2 aliphatic rings. The summed E-state index contributed by atoms with van der Waals surface area (Å²) in [5.74, 6) is 0.380. The van der Waals surface area contributed by atoms with Crippen molar-refractivity contribution < 1.29 is 17.8 Å². The van der Waals surface area contributed by atoms with Gasteiger partial charge in [0, 0.05) is 12.0 Å². The molecule has 1 aromatic rings. The number of carbonyl (C=O) groups is 2. The van der Waals surface area contributed by atoms with Gasteiger partial charge in [0.15, 0.2) is 23.0 Å². The molecule has 1 aromatic heterocycles. The van der Waals surface area contributed by atoms with E-state index in [-0.39, 0.29) is 24.0 Å². The third-order valence-corrected chi connectivity index (χ3v) is 7.84. The number of halogens is 2. The number of hydrogen-bond acceptors (Lipinski definition) is 5. The smallest absolute Gasteiger partial charge is 0.359 e. The number of anilines is 1. The monoisotopic (exact) mass is 569 g/mol. The lowest BCUT2D eigenvalue weighted by Gasteiger charge is -2.38. The van der Waals surface area contributed by atoms with Crippen molar-refractivity contribution in [1.82, 2.24) is 0 Å². The third kappa shape index (κ3) is 5.05. The number of aliphatic hydroxyl groups excluding tert-OH is 1. The van der Waals surface area contributed by atoms with Crippen molar-refractivity contribution >= 4 is 67.8 Å². The summed E-state index contributed by atoms with van der Waals surface area (Å²) in [7, 11) is 0. The van der Waals surface area contributed by atoms with Gasteiger partial charge in [0.25, 0.3) is 0 Å². The van der Waals surface area contributed by atoms with Gasteiger partial charge in [0.05, 0.1) is 15.6 Å². The highest BCUT2D eigenvalue weighted by Crippen LogP contribution is 2.40. The van der Waals surface area contributed by atoms with E-state index in [1.165, 1.54) is 11.3 Å². The molecular weight excluding hydrogens is 545 g/mol. The molecule has 1 heterocycles. The molecule has 2 saturated carbocycles. The number of aliphatic hydroxyl groups is 1. The minimum atomic E-state index is -0.424. The van der Waals surface area contributed by atoms with Gasteiger partial charge in [-0.25, -0.2) is 4.79 Å². The summed E-state index contributed by atoms with van der Waals surface area (Å²) in [6, 6.07) is 1.88. The number of thiophene rings is 1. The molecule has 0 radical (unpaired) electrons. The van der Waals surface area contributed by atoms with Crippen LogP contribution < -0.4 is 4.90 Å². The van der Waals surface area contributed by atoms with Gasteiger partial charge in [0.2, 0.25) is 5.91 Å². The fourth-order valence-corrected chi connectivity index (χ4v) is 6.05. The van der Waals surface area contributed by atoms with Crippen LogP contribution in [0.1, 0.15) is 68.0 Å². The highest BCUT2D eigenvalue weighted by Gasteiger charge is 2.37. The molecule has 3 rings (SSSR count). The average Bonchev–Trinajstić information content (AvgIpc) is 3.04. The van der Waals surface area contributed by atoms with E-state index in [0.717, 1.165) is 42.3 Å². The summed E-state index contributed by atoms with van der Waals surface area (Å²) in [6.45, 7) is 2.24. The number of carbonyl (C=O) groups excluding carboxylic acids is 2. The van der Waals surface area contributed by atoms with Crippen molar-refractivity contribution in [3.63, 3.8) is 0 Å². The normalized spacial score (nSPS) is 28.6. The fourth-order valence-electron chi connectivity index (χ4n) is 4.23. The predicted octanol–water partition coefficient (Wildman–Crippen LogP) is 5.48. The van der Waals surface area contributed by atoms with Crippen LogP contribution >= 0.6 is 50.3 Å². The maximum atomic E-state index is 13.6. The van der Waals surface area contributed by atoms with Crippen molar-refractivity contribution in [2.24, 2.45) is 11.8 Å². The Kier molecular flexibility index (Phi) is 7.60. The Morgan fingerprint density at radius 1 is 1.19 bits per heavy atom. The molecule has 2 fully saturated rings. The Labute approximate surface area is 186 Å². The van der Waals surface area contributed by atoms with E-state index in [1.807, 2.05) is 11.0 Å². The van der Waals surface area contributed by atoms with E-state index < -0.39 is 5.97 Å². The minimum Gasteiger partial charge on any atom is -0.393 e. The first-order valence-corrected chi connectivity index (χ1v) is 12.0. The highest BCUT2D eigenvalue weighted by atomic mass is 127. The Hall–Kier alpha value is -0.190. The van der Waals surface area contributed by atoms with E-state index in [4.69, 9.17) is 3.07 Å². The van der Waals surface area contributed by atoms with Crippen molar-refractivity contribution in [3.05, 3.63) is 14.7 Å². The van der Waals surface area contributed by atoms with Gasteiger partial charge in [-0.2, -0.15) is 0 Å². The number of hydrogen-bond donors (Lipinski definition) is 1. The zero-order valence-corrected chi connectivity index (χ0v) is 19.9. The summed E-state index contributed by atoms with van der Waals surface area (Å²) in [6.07, 6.45) is 6.55. The van der Waals surface area contributed by atoms with Gasteiger partial charge in [-0.15, -0.1) is 11.3 Å². The minimum absolute atomic E-state index is 0.00944. The number of amides is 1. The maximum absolute atomic E-state index is 13.6. The highest BCUT2D eigenvalue weighted by molar-refractivity contribution is 14.1. The SMILES string of the molecule is CC1CCC(C(=O)N(c2cc(Br)sc2C(=O)OI)C2CCC(O)CC2)CC1. The van der Waals surface area contributed by atoms with Crippen molar-refractivity contribution in [1.29, 1.82) is 0 Å². The molecule has 0 bridgehead atoms. The van der Waals surface area contributed by atoms with Crippen LogP contribution in [0.5, 0.6) is 0 Å². The van der Waals surface area contributed by atoms with Gasteiger partial charge in [-0.05, 0) is 79.3 Å². The molecule has 1 amide bonds. The second kappa shape index (κ2) is 9.54. The quantitative estimate of drug-likeness (QED) is 0.488. The largest absolute Gasteiger partial charge is 0.393 e. The van der Waals surface area contributed by atoms with Crippen LogP contribution in [0.15, 0.2) is 9.85 Å². The lowest BCUT2D eigenvalue weighted by atomic mass is 9.81. The molecule has 27 heavy (non-hydrogen) atoms. The lowest BCUT2D eigenvalue weighted by Crippen LogP contribution is -2.47. The van der Waals surface area contributed by atoms with E-state index in [2.05, 4.69) is 22.9 Å². The standard InChI is InChI=1S/C19H25BrINO4S/c1-11-2-4-12(5-3-11)18(24)22(13-6-8-14(23)9-7-13)15-10-16(20)27-17(15)19(25)26-21/h10-14,23H,2-9H2,1H3. The number of nitrogens with zero attached hydrogens (tertiary/aromatic N) is 1. The van der Waals surface area contributed by atoms with Crippen LogP contribution in [-0.4, -0.2) is 29.1 Å². The second-order valence-corrected chi connectivity index (χ2v) is 10.6. The van der Waals surface area contributed by atoms with Crippen LogP contribution in [0.3, 0.4) is 0 Å². The zero-order chi connectivity index (χ0) is 19.6. The lowest BCUT2D eigenvalue weighted by molar-refractivity contribution is -0.124. The second-order valence-electron chi connectivity index (χ2n) is 7.76. The van der Waals surface area contributed by atoms with Crippen LogP contribution in [0.2, 0.25) is 0 Å². The first-order chi connectivity index (χ1) is 12.9. The fraction of sp³-hybridized carbons (Fsp3) is 0.684. The van der Waals surface area contributed by atoms with E-state index in [0.29, 0.717) is 29.3 Å². The molecule has 8 heteroatoms. The summed E-state index contributed by atoms with van der Waals surface area (Å²) in [4.78, 5) is 28.2. The van der Waals surface area contributed by atoms with Gasteiger partial charge in [-0.1, -0.05) is 6.92 Å². The first-order valence-electron chi connectivity index (χ1n) is 9.54. The van der Waals surface area contributed by atoms with Crippen LogP contribution in [0.25, 0.3) is 0 Å². The van der Waals surface area contributed by atoms with Gasteiger partial charge < -0.3 is 13.1 Å². The van der Waals surface area contributed by atoms with Crippen molar-refractivity contribution in [2.45, 2.75) is 70.4 Å². The molecule has 0 atom stereocenters. The first kappa shape index (κ1) is 21.5. The Balaban J connectivity index is 1.93. The van der Waals surface area contributed by atoms with E-state index >= 15 is 0 Å². The molecule has 0 aliphatic heterocycles. The van der Waals surface area contributed by atoms with Gasteiger partial charge in [-0.3, -0.25) is 4.79 Å². The molecule has 0 spiro atoms.